The van der Waals surface area contributed by atoms with E-state index >= 15 is 0 Å². The zero-order chi connectivity index (χ0) is 20.2. The van der Waals surface area contributed by atoms with Crippen LogP contribution in [0.1, 0.15) is 19.2 Å². The summed E-state index contributed by atoms with van der Waals surface area (Å²) in [4.78, 5) is 27.8. The molecule has 0 saturated carbocycles. The molecule has 1 aromatic rings. The number of thioether (sulfide) groups is 1. The second-order valence-corrected chi connectivity index (χ2v) is 11.6. The Balaban J connectivity index is 1.72. The fourth-order valence-electron chi connectivity index (χ4n) is 2.06. The van der Waals surface area contributed by atoms with Gasteiger partial charge in [0.1, 0.15) is 16.2 Å². The van der Waals surface area contributed by atoms with Crippen LogP contribution in [-0.2, 0) is 14.3 Å². The first kappa shape index (κ1) is 22.9. The standard InChI is InChI=1S/C14H16Cl3N3O4S3/c1-8(24-12(22)23-6-14(15,16)17)10-5-20(11(10)21)27-13(25)26-9(2)19-4-3-18-7-19/h3-4,7-10H,5-6H2,1-2H3. The molecule has 0 aliphatic carbocycles. The van der Waals surface area contributed by atoms with Crippen LogP contribution >= 0.6 is 70.7 Å². The maximum atomic E-state index is 12.3. The topological polar surface area (TPSA) is 73.7 Å². The third kappa shape index (κ3) is 7.17. The minimum atomic E-state index is -1.72. The number of nitrogens with zero attached hydrogens (tertiary/aromatic N) is 3. The van der Waals surface area contributed by atoms with E-state index in [-0.39, 0.29) is 11.3 Å². The molecule has 0 radical (unpaired) electrons. The van der Waals surface area contributed by atoms with Crippen LogP contribution in [0.15, 0.2) is 18.7 Å². The molecule has 13 heteroatoms. The van der Waals surface area contributed by atoms with Gasteiger partial charge in [0.25, 0.3) is 0 Å². The van der Waals surface area contributed by atoms with Gasteiger partial charge in [-0.1, -0.05) is 58.8 Å². The Morgan fingerprint density at radius 1 is 1.48 bits per heavy atom. The van der Waals surface area contributed by atoms with E-state index in [0.717, 1.165) is 0 Å². The average molecular weight is 493 g/mol. The van der Waals surface area contributed by atoms with Gasteiger partial charge in [-0.25, -0.2) is 9.78 Å². The van der Waals surface area contributed by atoms with Gasteiger partial charge < -0.3 is 14.0 Å². The molecule has 1 saturated heterocycles. The van der Waals surface area contributed by atoms with E-state index in [1.54, 1.807) is 19.4 Å². The molecule has 3 unspecified atom stereocenters. The number of ether oxygens (including phenoxy) is 2. The molecular weight excluding hydrogens is 477 g/mol. The van der Waals surface area contributed by atoms with E-state index in [1.807, 2.05) is 17.7 Å². The Morgan fingerprint density at radius 3 is 2.74 bits per heavy atom. The van der Waals surface area contributed by atoms with Crippen molar-refractivity contribution in [3.63, 3.8) is 0 Å². The Labute approximate surface area is 185 Å². The summed E-state index contributed by atoms with van der Waals surface area (Å²) in [5.74, 6) is -0.628. The highest BCUT2D eigenvalue weighted by atomic mass is 35.6. The van der Waals surface area contributed by atoms with E-state index in [0.29, 0.717) is 10.1 Å². The lowest BCUT2D eigenvalue weighted by Crippen LogP contribution is -2.54. The number of hydrogen-bond acceptors (Lipinski definition) is 8. The summed E-state index contributed by atoms with van der Waals surface area (Å²) >= 11 is 24.4. The third-order valence-electron chi connectivity index (χ3n) is 3.52. The second kappa shape index (κ2) is 9.89. The number of aromatic nitrogens is 2. The molecule has 0 N–H and O–H groups in total. The number of halogens is 3. The molecule has 0 bridgehead atoms. The van der Waals surface area contributed by atoms with Crippen molar-refractivity contribution >= 4 is 86.3 Å². The Morgan fingerprint density at radius 2 is 2.19 bits per heavy atom. The summed E-state index contributed by atoms with van der Waals surface area (Å²) in [5.41, 5.74) is 0. The Hall–Kier alpha value is -0.390. The number of β-lactam (4-membered cyclic amide) rings is 1. The van der Waals surface area contributed by atoms with E-state index in [2.05, 4.69) is 9.72 Å². The van der Waals surface area contributed by atoms with Crippen molar-refractivity contribution in [3.05, 3.63) is 18.7 Å². The Kier molecular flexibility index (Phi) is 8.38. The quantitative estimate of drug-likeness (QED) is 0.190. The van der Waals surface area contributed by atoms with Crippen molar-refractivity contribution in [2.45, 2.75) is 29.1 Å². The molecule has 7 nitrogen and oxygen atoms in total. The van der Waals surface area contributed by atoms with Crippen molar-refractivity contribution < 1.29 is 19.1 Å². The third-order valence-corrected chi connectivity index (χ3v) is 6.35. The molecular formula is C14H16Cl3N3O4S3. The molecule has 150 valence electrons. The molecule has 1 aliphatic heterocycles. The molecule has 3 atom stereocenters. The van der Waals surface area contributed by atoms with Crippen molar-refractivity contribution in [2.24, 2.45) is 5.92 Å². The molecule has 2 rings (SSSR count). The molecule has 1 amide bonds. The number of imidazole rings is 1. The predicted octanol–water partition coefficient (Wildman–Crippen LogP) is 4.44. The number of alkyl halides is 3. The Bertz CT molecular complexity index is 687. The highest BCUT2D eigenvalue weighted by molar-refractivity contribution is 8.46. The zero-order valence-electron chi connectivity index (χ0n) is 14.2. The number of carbonyl (C=O) groups excluding carboxylic acids is 2. The van der Waals surface area contributed by atoms with Gasteiger partial charge in [0.15, 0.2) is 0 Å². The van der Waals surface area contributed by atoms with Crippen LogP contribution in [-0.4, -0.2) is 52.5 Å². The normalized spacial score (nSPS) is 19.2. The number of rotatable bonds is 6. The summed E-state index contributed by atoms with van der Waals surface area (Å²) < 4.78 is 12.1. The largest absolute Gasteiger partial charge is 0.508 e. The fourth-order valence-corrected chi connectivity index (χ4v) is 4.93. The molecule has 0 aromatic carbocycles. The van der Waals surface area contributed by atoms with Crippen LogP contribution in [0.5, 0.6) is 0 Å². The van der Waals surface area contributed by atoms with Crippen LogP contribution in [0.2, 0.25) is 0 Å². The van der Waals surface area contributed by atoms with Crippen molar-refractivity contribution in [2.75, 3.05) is 13.2 Å². The maximum Gasteiger partial charge on any atom is 0.508 e. The molecule has 1 fully saturated rings. The first-order chi connectivity index (χ1) is 12.6. The van der Waals surface area contributed by atoms with Gasteiger partial charge in [0, 0.05) is 30.9 Å². The fraction of sp³-hybridized carbons (Fsp3) is 0.571. The zero-order valence-corrected chi connectivity index (χ0v) is 18.9. The van der Waals surface area contributed by atoms with Gasteiger partial charge in [0.05, 0.1) is 17.6 Å². The summed E-state index contributed by atoms with van der Waals surface area (Å²) in [6.45, 7) is 3.56. The number of amides is 1. The molecule has 1 aliphatic rings. The second-order valence-electron chi connectivity index (χ2n) is 5.55. The van der Waals surface area contributed by atoms with E-state index in [9.17, 15) is 9.59 Å². The van der Waals surface area contributed by atoms with Crippen molar-refractivity contribution in [1.29, 1.82) is 0 Å². The summed E-state index contributed by atoms with van der Waals surface area (Å²) in [6, 6.07) is 0. The minimum absolute atomic E-state index is 0.0645. The van der Waals surface area contributed by atoms with Crippen LogP contribution in [0.3, 0.4) is 0 Å². The summed E-state index contributed by atoms with van der Waals surface area (Å²) in [5, 5.41) is 0.0645. The summed E-state index contributed by atoms with van der Waals surface area (Å²) in [7, 11) is 0. The van der Waals surface area contributed by atoms with Crippen molar-refractivity contribution in [1.82, 2.24) is 13.9 Å². The van der Waals surface area contributed by atoms with Gasteiger partial charge >= 0.3 is 6.16 Å². The lowest BCUT2D eigenvalue weighted by Gasteiger charge is -2.39. The van der Waals surface area contributed by atoms with Crippen LogP contribution < -0.4 is 0 Å². The van der Waals surface area contributed by atoms with Crippen LogP contribution in [0, 0.1) is 5.92 Å². The van der Waals surface area contributed by atoms with Gasteiger partial charge in [-0.3, -0.25) is 9.10 Å². The average Bonchev–Trinajstić information content (AvgIpc) is 3.10. The van der Waals surface area contributed by atoms with Crippen LogP contribution in [0.4, 0.5) is 4.79 Å². The smallest absolute Gasteiger partial charge is 0.430 e. The number of thiocarbonyl (C=S) groups is 1. The van der Waals surface area contributed by atoms with Gasteiger partial charge in [-0.05, 0) is 13.8 Å². The van der Waals surface area contributed by atoms with Gasteiger partial charge in [-0.15, -0.1) is 0 Å². The van der Waals surface area contributed by atoms with Crippen LogP contribution in [0.25, 0.3) is 0 Å². The van der Waals surface area contributed by atoms with E-state index < -0.39 is 28.6 Å². The van der Waals surface area contributed by atoms with Gasteiger partial charge in [-0.2, -0.15) is 0 Å². The molecule has 0 spiro atoms. The highest BCUT2D eigenvalue weighted by Crippen LogP contribution is 2.36. The molecule has 27 heavy (non-hydrogen) atoms. The predicted molar refractivity (Wildman–Crippen MR) is 112 cm³/mol. The van der Waals surface area contributed by atoms with E-state index in [1.165, 1.54) is 28.0 Å². The molecule has 1 aromatic heterocycles. The lowest BCUT2D eigenvalue weighted by molar-refractivity contribution is -0.145. The first-order valence-electron chi connectivity index (χ1n) is 7.64. The maximum absolute atomic E-state index is 12.3. The minimum Gasteiger partial charge on any atom is -0.430 e. The summed E-state index contributed by atoms with van der Waals surface area (Å²) in [6.07, 6.45) is 3.58. The highest BCUT2D eigenvalue weighted by Gasteiger charge is 2.43. The lowest BCUT2D eigenvalue weighted by atomic mass is 9.96. The number of carbonyl (C=O) groups is 2. The van der Waals surface area contributed by atoms with Gasteiger partial charge in [0.2, 0.25) is 9.70 Å². The van der Waals surface area contributed by atoms with E-state index in [4.69, 9.17) is 51.8 Å². The number of hydrogen-bond donors (Lipinski definition) is 0. The van der Waals surface area contributed by atoms with Crippen molar-refractivity contribution in [3.8, 4) is 0 Å². The molecule has 2 heterocycles. The SMILES string of the molecule is CC(OC(=O)OCC(Cl)(Cl)Cl)C1CN(SC(=S)SC(C)n2ccnc2)C1=O. The monoisotopic (exact) mass is 491 g/mol. The first-order valence-corrected chi connectivity index (χ1v) is 10.8.